The van der Waals surface area contributed by atoms with E-state index in [-0.39, 0.29) is 11.8 Å². The molecular weight excluding hydrogens is 320 g/mol. The summed E-state index contributed by atoms with van der Waals surface area (Å²) in [5.74, 6) is 0.457. The third kappa shape index (κ3) is 3.76. The summed E-state index contributed by atoms with van der Waals surface area (Å²) in [7, 11) is 1.54. The lowest BCUT2D eigenvalue weighted by Crippen LogP contribution is -2.50. The van der Waals surface area contributed by atoms with E-state index in [0.29, 0.717) is 43.3 Å². The van der Waals surface area contributed by atoms with Crippen LogP contribution in [0.4, 0.5) is 0 Å². The molecule has 0 N–H and O–H groups in total. The topological polar surface area (TPSA) is 75.6 Å². The highest BCUT2D eigenvalue weighted by molar-refractivity contribution is 5.95. The second kappa shape index (κ2) is 7.29. The van der Waals surface area contributed by atoms with Gasteiger partial charge >= 0.3 is 0 Å². The highest BCUT2D eigenvalue weighted by Crippen LogP contribution is 2.20. The van der Waals surface area contributed by atoms with E-state index in [9.17, 15) is 9.59 Å². The minimum absolute atomic E-state index is 0.0356. The van der Waals surface area contributed by atoms with Gasteiger partial charge in [0.25, 0.3) is 5.91 Å². The SMILES string of the molecule is COc1ccc(-c2cccc(C(=O)N3CCN(C(C)=O)CC3)c2)nn1. The predicted molar refractivity (Wildman–Crippen MR) is 92.2 cm³/mol. The predicted octanol–water partition coefficient (Wildman–Crippen LogP) is 1.46. The molecule has 2 aromatic rings. The fourth-order valence-electron chi connectivity index (χ4n) is 2.80. The lowest BCUT2D eigenvalue weighted by Gasteiger charge is -2.34. The van der Waals surface area contributed by atoms with Crippen LogP contribution in [0.15, 0.2) is 36.4 Å². The number of amides is 2. The van der Waals surface area contributed by atoms with Gasteiger partial charge in [0.2, 0.25) is 11.8 Å². The molecule has 1 aliphatic heterocycles. The molecule has 1 fully saturated rings. The summed E-state index contributed by atoms with van der Waals surface area (Å²) in [5.41, 5.74) is 2.10. The molecule has 0 unspecified atom stereocenters. The maximum absolute atomic E-state index is 12.7. The number of methoxy groups -OCH3 is 1. The number of hydrogen-bond donors (Lipinski definition) is 0. The number of benzene rings is 1. The Hall–Kier alpha value is -2.96. The van der Waals surface area contributed by atoms with E-state index in [4.69, 9.17) is 4.74 Å². The number of nitrogens with zero attached hydrogens (tertiary/aromatic N) is 4. The summed E-state index contributed by atoms with van der Waals surface area (Å²) >= 11 is 0. The maximum atomic E-state index is 12.7. The second-order valence-corrected chi connectivity index (χ2v) is 5.84. The summed E-state index contributed by atoms with van der Waals surface area (Å²) in [6, 6.07) is 10.9. The molecular formula is C18H20N4O3. The molecule has 25 heavy (non-hydrogen) atoms. The maximum Gasteiger partial charge on any atom is 0.253 e. The van der Waals surface area contributed by atoms with Crippen molar-refractivity contribution in [2.45, 2.75) is 6.92 Å². The molecule has 0 bridgehead atoms. The zero-order valence-electron chi connectivity index (χ0n) is 14.3. The molecule has 1 aromatic carbocycles. The summed E-state index contributed by atoms with van der Waals surface area (Å²) < 4.78 is 5.01. The fraction of sp³-hybridized carbons (Fsp3) is 0.333. The van der Waals surface area contributed by atoms with Crippen LogP contribution in [0.5, 0.6) is 5.88 Å². The molecule has 2 amide bonds. The van der Waals surface area contributed by atoms with Gasteiger partial charge in [-0.15, -0.1) is 10.2 Å². The summed E-state index contributed by atoms with van der Waals surface area (Å²) in [5, 5.41) is 8.08. The molecule has 1 aliphatic rings. The number of carbonyl (C=O) groups excluding carboxylic acids is 2. The van der Waals surface area contributed by atoms with Crippen molar-refractivity contribution in [3.05, 3.63) is 42.0 Å². The first-order valence-electron chi connectivity index (χ1n) is 8.11. The van der Waals surface area contributed by atoms with Crippen molar-refractivity contribution in [2.24, 2.45) is 0 Å². The van der Waals surface area contributed by atoms with Gasteiger partial charge in [0, 0.05) is 50.3 Å². The second-order valence-electron chi connectivity index (χ2n) is 5.84. The van der Waals surface area contributed by atoms with Crippen LogP contribution >= 0.6 is 0 Å². The van der Waals surface area contributed by atoms with Crippen LogP contribution in [0.2, 0.25) is 0 Å². The van der Waals surface area contributed by atoms with Crippen molar-refractivity contribution in [2.75, 3.05) is 33.3 Å². The van der Waals surface area contributed by atoms with Crippen LogP contribution < -0.4 is 4.74 Å². The molecule has 0 spiro atoms. The summed E-state index contributed by atoms with van der Waals surface area (Å²) in [4.78, 5) is 27.7. The van der Waals surface area contributed by atoms with E-state index in [1.54, 1.807) is 34.9 Å². The van der Waals surface area contributed by atoms with E-state index in [2.05, 4.69) is 10.2 Å². The molecule has 2 heterocycles. The Morgan fingerprint density at radius 2 is 1.72 bits per heavy atom. The number of hydrogen-bond acceptors (Lipinski definition) is 5. The number of aromatic nitrogens is 2. The largest absolute Gasteiger partial charge is 0.480 e. The van der Waals surface area contributed by atoms with Crippen LogP contribution in [-0.2, 0) is 4.79 Å². The van der Waals surface area contributed by atoms with E-state index in [1.165, 1.54) is 7.11 Å². The lowest BCUT2D eigenvalue weighted by atomic mass is 10.1. The molecule has 3 rings (SSSR count). The average molecular weight is 340 g/mol. The number of carbonyl (C=O) groups is 2. The van der Waals surface area contributed by atoms with Crippen molar-refractivity contribution in [1.29, 1.82) is 0 Å². The third-order valence-corrected chi connectivity index (χ3v) is 4.27. The van der Waals surface area contributed by atoms with Gasteiger partial charge in [0.05, 0.1) is 12.8 Å². The highest BCUT2D eigenvalue weighted by Gasteiger charge is 2.23. The smallest absolute Gasteiger partial charge is 0.253 e. The zero-order chi connectivity index (χ0) is 17.8. The number of piperazine rings is 1. The van der Waals surface area contributed by atoms with Gasteiger partial charge in [-0.05, 0) is 18.2 Å². The lowest BCUT2D eigenvalue weighted by molar-refractivity contribution is -0.130. The minimum atomic E-state index is -0.0356. The van der Waals surface area contributed by atoms with Crippen LogP contribution in [0, 0.1) is 0 Å². The van der Waals surface area contributed by atoms with Gasteiger partial charge in [0.15, 0.2) is 0 Å². The van der Waals surface area contributed by atoms with E-state index < -0.39 is 0 Å². The standard InChI is InChI=1S/C18H20N4O3/c1-13(23)21-8-10-22(11-9-21)18(24)15-5-3-4-14(12-15)16-6-7-17(25-2)20-19-16/h3-7,12H,8-11H2,1-2H3. The Labute approximate surface area is 146 Å². The number of ether oxygens (including phenoxy) is 1. The van der Waals surface area contributed by atoms with Gasteiger partial charge in [0.1, 0.15) is 0 Å². The molecule has 7 nitrogen and oxygen atoms in total. The zero-order valence-corrected chi connectivity index (χ0v) is 14.3. The van der Waals surface area contributed by atoms with E-state index in [1.807, 2.05) is 18.2 Å². The van der Waals surface area contributed by atoms with Crippen LogP contribution in [0.1, 0.15) is 17.3 Å². The monoisotopic (exact) mass is 340 g/mol. The summed E-state index contributed by atoms with van der Waals surface area (Å²) in [6.45, 7) is 3.79. The van der Waals surface area contributed by atoms with Crippen LogP contribution in [0.25, 0.3) is 11.3 Å². The quantitative estimate of drug-likeness (QED) is 0.845. The third-order valence-electron chi connectivity index (χ3n) is 4.27. The van der Waals surface area contributed by atoms with Crippen molar-refractivity contribution in [3.8, 4) is 17.1 Å². The minimum Gasteiger partial charge on any atom is -0.480 e. The van der Waals surface area contributed by atoms with Crippen LogP contribution in [-0.4, -0.2) is 65.1 Å². The molecule has 0 radical (unpaired) electrons. The average Bonchev–Trinajstić information content (AvgIpc) is 2.67. The Balaban J connectivity index is 1.74. The molecule has 0 atom stereocenters. The first-order chi connectivity index (χ1) is 12.1. The fourth-order valence-corrected chi connectivity index (χ4v) is 2.80. The van der Waals surface area contributed by atoms with Crippen molar-refractivity contribution in [1.82, 2.24) is 20.0 Å². The molecule has 7 heteroatoms. The van der Waals surface area contributed by atoms with Gasteiger partial charge in [-0.2, -0.15) is 0 Å². The Kier molecular flexibility index (Phi) is 4.92. The highest BCUT2D eigenvalue weighted by atomic mass is 16.5. The Morgan fingerprint density at radius 1 is 1.00 bits per heavy atom. The van der Waals surface area contributed by atoms with Crippen LogP contribution in [0.3, 0.4) is 0 Å². The molecule has 0 aliphatic carbocycles. The first kappa shape index (κ1) is 16.9. The normalized spacial score (nSPS) is 14.3. The number of rotatable bonds is 3. The molecule has 1 aromatic heterocycles. The molecule has 0 saturated carbocycles. The Morgan fingerprint density at radius 3 is 2.32 bits per heavy atom. The molecule has 130 valence electrons. The van der Waals surface area contributed by atoms with Crippen molar-refractivity contribution >= 4 is 11.8 Å². The van der Waals surface area contributed by atoms with Gasteiger partial charge in [-0.1, -0.05) is 12.1 Å². The molecule has 1 saturated heterocycles. The Bertz CT molecular complexity index is 768. The van der Waals surface area contributed by atoms with Gasteiger partial charge in [-0.25, -0.2) is 0 Å². The van der Waals surface area contributed by atoms with Gasteiger partial charge < -0.3 is 14.5 Å². The van der Waals surface area contributed by atoms with Gasteiger partial charge in [-0.3, -0.25) is 9.59 Å². The summed E-state index contributed by atoms with van der Waals surface area (Å²) in [6.07, 6.45) is 0. The van der Waals surface area contributed by atoms with E-state index in [0.717, 1.165) is 5.56 Å². The van der Waals surface area contributed by atoms with E-state index >= 15 is 0 Å². The van der Waals surface area contributed by atoms with Crippen molar-refractivity contribution in [3.63, 3.8) is 0 Å². The first-order valence-corrected chi connectivity index (χ1v) is 8.11. The van der Waals surface area contributed by atoms with Crippen molar-refractivity contribution < 1.29 is 14.3 Å².